The number of rotatable bonds is 8. The van der Waals surface area contributed by atoms with Crippen LogP contribution in [0.1, 0.15) is 27.5 Å². The number of hydrogen-bond donors (Lipinski definition) is 6. The van der Waals surface area contributed by atoms with Gasteiger partial charge in [0.2, 0.25) is 15.9 Å². The molecule has 33 heavy (non-hydrogen) atoms. The van der Waals surface area contributed by atoms with Crippen LogP contribution < -0.4 is 19.2 Å². The molecule has 2 atom stereocenters. The molecular formula is C18H20BN2O10PS. The number of fused-ring (bicyclic) bond motifs is 1. The molecular weight excluding hydrogens is 478 g/mol. The zero-order chi connectivity index (χ0) is 24.3. The Kier molecular flexibility index (Phi) is 7.57. The van der Waals surface area contributed by atoms with Crippen molar-refractivity contribution in [1.82, 2.24) is 10.0 Å². The highest BCUT2D eigenvalue weighted by atomic mass is 32.2. The molecule has 1 aliphatic heterocycles. The molecule has 1 heterocycles. The molecule has 12 nitrogen and oxygen atoms in total. The second-order valence-corrected chi connectivity index (χ2v) is 9.63. The summed E-state index contributed by atoms with van der Waals surface area (Å²) in [7, 11) is -8.07. The van der Waals surface area contributed by atoms with Crippen LogP contribution in [0.15, 0.2) is 42.5 Å². The van der Waals surface area contributed by atoms with Gasteiger partial charge in [-0.15, -0.1) is 0 Å². The van der Waals surface area contributed by atoms with E-state index < -0.39 is 49.6 Å². The molecule has 1 unspecified atom stereocenters. The van der Waals surface area contributed by atoms with Gasteiger partial charge in [-0.3, -0.25) is 4.79 Å². The van der Waals surface area contributed by atoms with Crippen molar-refractivity contribution in [3.63, 3.8) is 0 Å². The predicted octanol–water partition coefficient (Wildman–Crippen LogP) is -0.295. The molecule has 0 radical (unpaired) electrons. The van der Waals surface area contributed by atoms with E-state index in [0.29, 0.717) is 5.56 Å². The SMILES string of the molecule is CS(=O)(=O)NC(C(=O)N[C@H]1Cc2cccc(C(=O)O)c2OB1O)c1ccc(OP(O)O)cc1. The zero-order valence-electron chi connectivity index (χ0n) is 17.1. The molecule has 0 spiro atoms. The third-order valence-corrected chi connectivity index (χ3v) is 5.71. The smallest absolute Gasteiger partial charge is 0.534 e. The van der Waals surface area contributed by atoms with E-state index in [1.54, 1.807) is 6.07 Å². The molecule has 1 amide bonds. The van der Waals surface area contributed by atoms with Crippen molar-refractivity contribution in [2.24, 2.45) is 0 Å². The number of carbonyl (C=O) groups excluding carboxylic acids is 1. The van der Waals surface area contributed by atoms with E-state index in [4.69, 9.17) is 19.0 Å². The van der Waals surface area contributed by atoms with Crippen molar-refractivity contribution in [3.05, 3.63) is 59.2 Å². The van der Waals surface area contributed by atoms with E-state index >= 15 is 0 Å². The summed E-state index contributed by atoms with van der Waals surface area (Å²) >= 11 is 0. The summed E-state index contributed by atoms with van der Waals surface area (Å²) in [6, 6.07) is 8.39. The molecule has 2 aromatic carbocycles. The molecule has 15 heteroatoms. The number of para-hydroxylation sites is 1. The molecule has 0 saturated heterocycles. The molecule has 0 aromatic heterocycles. The molecule has 0 bridgehead atoms. The Morgan fingerprint density at radius 2 is 1.88 bits per heavy atom. The summed E-state index contributed by atoms with van der Waals surface area (Å²) < 4.78 is 36.0. The van der Waals surface area contributed by atoms with Gasteiger partial charge < -0.3 is 34.4 Å². The maximum Gasteiger partial charge on any atom is 0.547 e. The van der Waals surface area contributed by atoms with Crippen LogP contribution >= 0.6 is 8.60 Å². The number of carbonyl (C=O) groups is 2. The minimum atomic E-state index is -3.84. The summed E-state index contributed by atoms with van der Waals surface area (Å²) in [5.74, 6) is -2.94. The number of hydrogen-bond acceptors (Lipinski definition) is 9. The van der Waals surface area contributed by atoms with Gasteiger partial charge in [0.1, 0.15) is 17.5 Å². The van der Waals surface area contributed by atoms with Crippen molar-refractivity contribution in [2.45, 2.75) is 18.4 Å². The lowest BCUT2D eigenvalue weighted by molar-refractivity contribution is -0.123. The fourth-order valence-corrected chi connectivity index (χ4v) is 4.27. The summed E-state index contributed by atoms with van der Waals surface area (Å²) in [4.78, 5) is 42.2. The third kappa shape index (κ3) is 6.41. The van der Waals surface area contributed by atoms with Gasteiger partial charge in [0.25, 0.3) is 0 Å². The number of benzene rings is 2. The van der Waals surface area contributed by atoms with Crippen molar-refractivity contribution >= 4 is 37.6 Å². The number of carboxylic acid groups (broad SMARTS) is 1. The van der Waals surface area contributed by atoms with Crippen LogP contribution in [0.2, 0.25) is 0 Å². The first-order valence-electron chi connectivity index (χ1n) is 9.38. The highest BCUT2D eigenvalue weighted by Gasteiger charge is 2.39. The van der Waals surface area contributed by atoms with Crippen LogP contribution in [-0.4, -0.2) is 59.5 Å². The summed E-state index contributed by atoms with van der Waals surface area (Å²) in [5.41, 5.74) is 0.527. The lowest BCUT2D eigenvalue weighted by atomic mass is 9.72. The Morgan fingerprint density at radius 3 is 2.45 bits per heavy atom. The Balaban J connectivity index is 1.82. The minimum Gasteiger partial charge on any atom is -0.534 e. The third-order valence-electron chi connectivity index (χ3n) is 4.67. The van der Waals surface area contributed by atoms with Crippen LogP contribution in [0.5, 0.6) is 11.5 Å². The van der Waals surface area contributed by atoms with Gasteiger partial charge >= 0.3 is 21.7 Å². The van der Waals surface area contributed by atoms with E-state index in [1.807, 2.05) is 0 Å². The second kappa shape index (κ2) is 10.0. The second-order valence-electron chi connectivity index (χ2n) is 7.16. The van der Waals surface area contributed by atoms with Gasteiger partial charge in [-0.25, -0.2) is 13.2 Å². The fraction of sp³-hybridized carbons (Fsp3) is 0.222. The number of carboxylic acids is 1. The lowest BCUT2D eigenvalue weighted by Crippen LogP contribution is -2.55. The molecule has 0 saturated carbocycles. The first kappa shape index (κ1) is 24.9. The Bertz CT molecular complexity index is 1150. The average molecular weight is 498 g/mol. The first-order valence-corrected chi connectivity index (χ1v) is 12.4. The van der Waals surface area contributed by atoms with Crippen LogP contribution in [-0.2, 0) is 21.2 Å². The van der Waals surface area contributed by atoms with E-state index in [9.17, 15) is 28.1 Å². The van der Waals surface area contributed by atoms with Crippen molar-refractivity contribution in [2.75, 3.05) is 6.26 Å². The number of nitrogens with one attached hydrogen (secondary N) is 2. The highest BCUT2D eigenvalue weighted by Crippen LogP contribution is 2.31. The molecule has 0 fully saturated rings. The van der Waals surface area contributed by atoms with Crippen LogP contribution in [0.3, 0.4) is 0 Å². The molecule has 176 valence electrons. The molecule has 2 aromatic rings. The van der Waals surface area contributed by atoms with Gasteiger partial charge in [-0.2, -0.15) is 4.72 Å². The standard InChI is InChI=1S/C18H20BN2O10PS/c1-33(28,29)21-15(10-5-7-12(8-6-10)31-32(26)27)17(22)20-14-9-11-3-2-4-13(18(23)24)16(11)30-19(14)25/h2-8,14-15,21,25-27H,9H2,1H3,(H,20,22)(H,23,24)/t14-,15?/m0/s1. The van der Waals surface area contributed by atoms with Crippen molar-refractivity contribution in [1.29, 1.82) is 0 Å². The lowest BCUT2D eigenvalue weighted by Gasteiger charge is -2.30. The highest BCUT2D eigenvalue weighted by molar-refractivity contribution is 7.88. The fourth-order valence-electron chi connectivity index (χ4n) is 3.28. The molecule has 6 N–H and O–H groups in total. The minimum absolute atomic E-state index is 0.00266. The zero-order valence-corrected chi connectivity index (χ0v) is 18.8. The monoisotopic (exact) mass is 498 g/mol. The maximum absolute atomic E-state index is 13.0. The van der Waals surface area contributed by atoms with Crippen LogP contribution in [0.25, 0.3) is 0 Å². The predicted molar refractivity (Wildman–Crippen MR) is 117 cm³/mol. The van der Waals surface area contributed by atoms with Gasteiger partial charge in [0.15, 0.2) is 0 Å². The largest absolute Gasteiger partial charge is 0.547 e. The van der Waals surface area contributed by atoms with E-state index in [1.165, 1.54) is 36.4 Å². The Morgan fingerprint density at radius 1 is 1.21 bits per heavy atom. The number of sulfonamides is 1. The molecule has 3 rings (SSSR count). The van der Waals surface area contributed by atoms with Crippen molar-refractivity contribution in [3.8, 4) is 11.5 Å². The van der Waals surface area contributed by atoms with Gasteiger partial charge in [0, 0.05) is 0 Å². The summed E-state index contributed by atoms with van der Waals surface area (Å²) in [6.45, 7) is 0. The van der Waals surface area contributed by atoms with E-state index in [2.05, 4.69) is 10.0 Å². The normalized spacial score (nSPS) is 16.5. The quantitative estimate of drug-likeness (QED) is 0.208. The molecule has 1 aliphatic rings. The first-order chi connectivity index (χ1) is 15.4. The number of aromatic carboxylic acids is 1. The Labute approximate surface area is 190 Å². The van der Waals surface area contributed by atoms with Gasteiger partial charge in [0.05, 0.1) is 17.8 Å². The van der Waals surface area contributed by atoms with E-state index in [-0.39, 0.29) is 29.0 Å². The van der Waals surface area contributed by atoms with Crippen LogP contribution in [0, 0.1) is 0 Å². The summed E-state index contributed by atoms with van der Waals surface area (Å²) in [6.07, 6.45) is 0.913. The van der Waals surface area contributed by atoms with E-state index in [0.717, 1.165) is 6.26 Å². The van der Waals surface area contributed by atoms with Crippen molar-refractivity contribution < 1.29 is 47.1 Å². The topological polar surface area (TPSA) is 192 Å². The summed E-state index contributed by atoms with van der Waals surface area (Å²) in [5, 5.41) is 22.2. The maximum atomic E-state index is 13.0. The van der Waals surface area contributed by atoms with Crippen LogP contribution in [0.4, 0.5) is 0 Å². The number of amides is 1. The Hall–Kier alpha value is -2.74. The molecule has 0 aliphatic carbocycles. The van der Waals surface area contributed by atoms with Gasteiger partial charge in [-0.05, 0) is 35.7 Å². The average Bonchev–Trinajstić information content (AvgIpc) is 2.71. The van der Waals surface area contributed by atoms with Gasteiger partial charge in [-0.1, -0.05) is 24.3 Å².